The van der Waals surface area contributed by atoms with Crippen molar-refractivity contribution in [1.82, 2.24) is 10.6 Å². The summed E-state index contributed by atoms with van der Waals surface area (Å²) < 4.78 is 26.8. The fourth-order valence-corrected chi connectivity index (χ4v) is 1.91. The molecule has 0 aliphatic heterocycles. The predicted molar refractivity (Wildman–Crippen MR) is 77.2 cm³/mol. The molecule has 0 spiro atoms. The number of rotatable bonds is 3. The summed E-state index contributed by atoms with van der Waals surface area (Å²) in [6, 6.07) is 9.61. The molecule has 22 heavy (non-hydrogen) atoms. The van der Waals surface area contributed by atoms with Crippen LogP contribution in [0.5, 0.6) is 0 Å². The van der Waals surface area contributed by atoms with E-state index < -0.39 is 29.1 Å². The smallest absolute Gasteiger partial charge is 0.321 e. The van der Waals surface area contributed by atoms with E-state index in [1.807, 2.05) is 36.5 Å². The molecule has 0 heterocycles. The Bertz CT molecular complexity index is 697. The second-order valence-electron chi connectivity index (χ2n) is 4.66. The summed E-state index contributed by atoms with van der Waals surface area (Å²) in [6.45, 7) is 2.08. The first-order chi connectivity index (χ1) is 10.5. The number of benzene rings is 2. The predicted octanol–water partition coefficient (Wildman–Crippen LogP) is 2.91. The third kappa shape index (κ3) is 3.66. The van der Waals surface area contributed by atoms with Gasteiger partial charge in [-0.1, -0.05) is 30.3 Å². The van der Waals surface area contributed by atoms with E-state index in [-0.39, 0.29) is 6.54 Å². The molecule has 0 fully saturated rings. The largest absolute Gasteiger partial charge is 0.334 e. The molecule has 0 aliphatic rings. The van der Waals surface area contributed by atoms with E-state index in [2.05, 4.69) is 5.32 Å². The van der Waals surface area contributed by atoms with Gasteiger partial charge in [-0.05, 0) is 30.2 Å². The van der Waals surface area contributed by atoms with Crippen LogP contribution in [-0.2, 0) is 6.54 Å². The van der Waals surface area contributed by atoms with Crippen LogP contribution in [-0.4, -0.2) is 11.9 Å². The van der Waals surface area contributed by atoms with E-state index >= 15 is 0 Å². The highest BCUT2D eigenvalue weighted by molar-refractivity contribution is 6.04. The number of aryl methyl sites for hydroxylation is 1. The maximum Gasteiger partial charge on any atom is 0.321 e. The lowest BCUT2D eigenvalue weighted by atomic mass is 10.1. The van der Waals surface area contributed by atoms with E-state index in [1.54, 1.807) is 0 Å². The van der Waals surface area contributed by atoms with Gasteiger partial charge >= 0.3 is 6.03 Å². The number of hydrogen-bond acceptors (Lipinski definition) is 2. The SMILES string of the molecule is Cc1ccccc1CNC(=O)NC(=O)c1c(F)cccc1F. The zero-order valence-corrected chi connectivity index (χ0v) is 11.8. The highest BCUT2D eigenvalue weighted by Crippen LogP contribution is 2.11. The van der Waals surface area contributed by atoms with Gasteiger partial charge in [0.15, 0.2) is 0 Å². The van der Waals surface area contributed by atoms with E-state index in [9.17, 15) is 18.4 Å². The first-order valence-electron chi connectivity index (χ1n) is 6.56. The quantitative estimate of drug-likeness (QED) is 0.916. The standard InChI is InChI=1S/C16H14F2N2O2/c1-10-5-2-3-6-11(10)9-19-16(22)20-15(21)14-12(17)7-4-8-13(14)18/h2-8H,9H2,1H3,(H2,19,20,21,22). The first kappa shape index (κ1) is 15.6. The minimum Gasteiger partial charge on any atom is -0.334 e. The highest BCUT2D eigenvalue weighted by Gasteiger charge is 2.18. The number of urea groups is 1. The Morgan fingerprint density at radius 2 is 1.64 bits per heavy atom. The number of nitrogens with one attached hydrogen (secondary N) is 2. The van der Waals surface area contributed by atoms with Crippen LogP contribution in [0.1, 0.15) is 21.5 Å². The number of carbonyl (C=O) groups excluding carboxylic acids is 2. The molecular formula is C16H14F2N2O2. The van der Waals surface area contributed by atoms with Crippen LogP contribution < -0.4 is 10.6 Å². The third-order valence-electron chi connectivity index (χ3n) is 3.12. The van der Waals surface area contributed by atoms with E-state index in [4.69, 9.17) is 0 Å². The average molecular weight is 304 g/mol. The van der Waals surface area contributed by atoms with E-state index in [1.165, 1.54) is 0 Å². The zero-order chi connectivity index (χ0) is 16.1. The summed E-state index contributed by atoms with van der Waals surface area (Å²) >= 11 is 0. The monoisotopic (exact) mass is 304 g/mol. The molecule has 2 N–H and O–H groups in total. The molecule has 114 valence electrons. The van der Waals surface area contributed by atoms with Crippen molar-refractivity contribution in [3.63, 3.8) is 0 Å². The molecule has 4 nitrogen and oxygen atoms in total. The van der Waals surface area contributed by atoms with E-state index in [0.29, 0.717) is 0 Å². The van der Waals surface area contributed by atoms with Crippen molar-refractivity contribution < 1.29 is 18.4 Å². The molecule has 0 atom stereocenters. The summed E-state index contributed by atoms with van der Waals surface area (Å²) in [6.07, 6.45) is 0. The number of imide groups is 1. The number of carbonyl (C=O) groups is 2. The average Bonchev–Trinajstić information content (AvgIpc) is 2.46. The van der Waals surface area contributed by atoms with Crippen LogP contribution in [0.15, 0.2) is 42.5 Å². The number of amides is 3. The summed E-state index contributed by atoms with van der Waals surface area (Å²) in [5.41, 5.74) is 1.07. The van der Waals surface area contributed by atoms with Gasteiger partial charge in [0.05, 0.1) is 0 Å². The molecule has 2 rings (SSSR count). The normalized spacial score (nSPS) is 10.1. The molecule has 2 aromatic rings. The fraction of sp³-hybridized carbons (Fsp3) is 0.125. The van der Waals surface area contributed by atoms with Crippen molar-refractivity contribution in [2.45, 2.75) is 13.5 Å². The molecule has 0 radical (unpaired) electrons. The minimum atomic E-state index is -1.13. The Kier molecular flexibility index (Phi) is 4.83. The maximum absolute atomic E-state index is 13.4. The molecule has 0 aliphatic carbocycles. The lowest BCUT2D eigenvalue weighted by Gasteiger charge is -2.09. The lowest BCUT2D eigenvalue weighted by molar-refractivity contribution is 0.0955. The van der Waals surface area contributed by atoms with Crippen LogP contribution in [0.25, 0.3) is 0 Å². The van der Waals surface area contributed by atoms with Gasteiger partial charge in [-0.2, -0.15) is 0 Å². The Morgan fingerprint density at radius 3 is 2.27 bits per heavy atom. The molecule has 6 heteroatoms. The maximum atomic E-state index is 13.4. The van der Waals surface area contributed by atoms with Gasteiger partial charge in [0.2, 0.25) is 0 Å². The van der Waals surface area contributed by atoms with Crippen LogP contribution in [0, 0.1) is 18.6 Å². The van der Waals surface area contributed by atoms with Gasteiger partial charge in [-0.15, -0.1) is 0 Å². The van der Waals surface area contributed by atoms with E-state index in [0.717, 1.165) is 29.3 Å². The topological polar surface area (TPSA) is 58.2 Å². The second-order valence-corrected chi connectivity index (χ2v) is 4.66. The Balaban J connectivity index is 1.98. The Morgan fingerprint density at radius 1 is 1.00 bits per heavy atom. The molecular weight excluding hydrogens is 290 g/mol. The van der Waals surface area contributed by atoms with Crippen molar-refractivity contribution in [3.05, 3.63) is 70.8 Å². The first-order valence-corrected chi connectivity index (χ1v) is 6.56. The van der Waals surface area contributed by atoms with Crippen LogP contribution >= 0.6 is 0 Å². The molecule has 2 aromatic carbocycles. The van der Waals surface area contributed by atoms with Crippen LogP contribution in [0.4, 0.5) is 13.6 Å². The molecule has 0 aromatic heterocycles. The van der Waals surface area contributed by atoms with Crippen molar-refractivity contribution in [2.24, 2.45) is 0 Å². The van der Waals surface area contributed by atoms with Gasteiger partial charge in [-0.25, -0.2) is 13.6 Å². The van der Waals surface area contributed by atoms with Crippen LogP contribution in [0.3, 0.4) is 0 Å². The molecule has 0 saturated carbocycles. The summed E-state index contributed by atoms with van der Waals surface area (Å²) in [4.78, 5) is 23.4. The van der Waals surface area contributed by atoms with Gasteiger partial charge in [0.25, 0.3) is 5.91 Å². The minimum absolute atomic E-state index is 0.200. The summed E-state index contributed by atoms with van der Waals surface area (Å²) in [5, 5.41) is 4.36. The lowest BCUT2D eigenvalue weighted by Crippen LogP contribution is -2.39. The zero-order valence-electron chi connectivity index (χ0n) is 11.8. The van der Waals surface area contributed by atoms with Gasteiger partial charge in [0, 0.05) is 6.54 Å². The van der Waals surface area contributed by atoms with Crippen molar-refractivity contribution in [3.8, 4) is 0 Å². The summed E-state index contributed by atoms with van der Waals surface area (Å²) in [5.74, 6) is -3.17. The number of halogens is 2. The second kappa shape index (κ2) is 6.80. The molecule has 3 amide bonds. The Labute approximate surface area is 126 Å². The van der Waals surface area contributed by atoms with Crippen molar-refractivity contribution in [1.29, 1.82) is 0 Å². The fourth-order valence-electron chi connectivity index (χ4n) is 1.91. The Hall–Kier alpha value is -2.76. The highest BCUT2D eigenvalue weighted by atomic mass is 19.1. The van der Waals surface area contributed by atoms with Gasteiger partial charge in [-0.3, -0.25) is 10.1 Å². The van der Waals surface area contributed by atoms with Crippen molar-refractivity contribution >= 4 is 11.9 Å². The van der Waals surface area contributed by atoms with Gasteiger partial charge < -0.3 is 5.32 Å². The van der Waals surface area contributed by atoms with Crippen molar-refractivity contribution in [2.75, 3.05) is 0 Å². The number of hydrogen-bond donors (Lipinski definition) is 2. The van der Waals surface area contributed by atoms with Crippen LogP contribution in [0.2, 0.25) is 0 Å². The molecule has 0 bridgehead atoms. The third-order valence-corrected chi connectivity index (χ3v) is 3.12. The summed E-state index contributed by atoms with van der Waals surface area (Å²) in [7, 11) is 0. The molecule has 0 unspecified atom stereocenters. The van der Waals surface area contributed by atoms with Gasteiger partial charge in [0.1, 0.15) is 17.2 Å². The molecule has 0 saturated heterocycles.